The first-order valence-corrected chi connectivity index (χ1v) is 8.69. The zero-order chi connectivity index (χ0) is 15.2. The monoisotopic (exact) mass is 305 g/mol. The van der Waals surface area contributed by atoms with Gasteiger partial charge in [0.15, 0.2) is 0 Å². The smallest absolute Gasteiger partial charge is 0.224 e. The van der Waals surface area contributed by atoms with Gasteiger partial charge in [0.1, 0.15) is 0 Å². The van der Waals surface area contributed by atoms with Crippen molar-refractivity contribution in [2.75, 3.05) is 19.6 Å². The van der Waals surface area contributed by atoms with Crippen molar-refractivity contribution in [2.45, 2.75) is 57.5 Å². The average Bonchev–Trinajstić information content (AvgIpc) is 3.09. The van der Waals surface area contributed by atoms with Gasteiger partial charge in [-0.05, 0) is 32.2 Å². The Labute approximate surface area is 132 Å². The molecule has 0 bridgehead atoms. The van der Waals surface area contributed by atoms with E-state index in [1.54, 1.807) is 10.9 Å². The van der Waals surface area contributed by atoms with Crippen molar-refractivity contribution < 1.29 is 4.79 Å². The molecule has 6 heteroatoms. The Morgan fingerprint density at radius 3 is 2.82 bits per heavy atom. The van der Waals surface area contributed by atoms with Crippen LogP contribution in [0.3, 0.4) is 0 Å². The van der Waals surface area contributed by atoms with E-state index in [4.69, 9.17) is 0 Å². The first-order valence-electron chi connectivity index (χ1n) is 8.69. The molecular weight excluding hydrogens is 278 g/mol. The Morgan fingerprint density at radius 1 is 1.18 bits per heavy atom. The highest BCUT2D eigenvalue weighted by molar-refractivity contribution is 5.78. The third-order valence-electron chi connectivity index (χ3n) is 5.03. The van der Waals surface area contributed by atoms with E-state index in [0.717, 1.165) is 25.4 Å². The summed E-state index contributed by atoms with van der Waals surface area (Å²) < 4.78 is 1.75. The Morgan fingerprint density at radius 2 is 2.05 bits per heavy atom. The first kappa shape index (κ1) is 15.5. The largest absolute Gasteiger partial charge is 0.354 e. The van der Waals surface area contributed by atoms with Gasteiger partial charge in [-0.1, -0.05) is 24.5 Å². The van der Waals surface area contributed by atoms with Crippen LogP contribution in [-0.4, -0.2) is 51.5 Å². The van der Waals surface area contributed by atoms with Crippen molar-refractivity contribution in [3.8, 4) is 0 Å². The van der Waals surface area contributed by atoms with E-state index < -0.39 is 0 Å². The van der Waals surface area contributed by atoms with Gasteiger partial charge in [-0.2, -0.15) is 0 Å². The van der Waals surface area contributed by atoms with Crippen molar-refractivity contribution in [3.05, 3.63) is 12.4 Å². The minimum Gasteiger partial charge on any atom is -0.354 e. The number of carbonyl (C=O) groups excluding carboxylic acids is 1. The molecule has 1 aromatic heterocycles. The van der Waals surface area contributed by atoms with Crippen LogP contribution >= 0.6 is 0 Å². The van der Waals surface area contributed by atoms with Crippen molar-refractivity contribution in [1.82, 2.24) is 25.2 Å². The van der Waals surface area contributed by atoms with E-state index in [-0.39, 0.29) is 11.8 Å². The summed E-state index contributed by atoms with van der Waals surface area (Å²) in [6.07, 6.45) is 12.4. The molecule has 0 aromatic carbocycles. The van der Waals surface area contributed by atoms with Crippen LogP contribution in [0.25, 0.3) is 0 Å². The lowest BCUT2D eigenvalue weighted by Gasteiger charge is -2.39. The molecule has 0 spiro atoms. The highest BCUT2D eigenvalue weighted by atomic mass is 16.1. The van der Waals surface area contributed by atoms with Gasteiger partial charge in [0.2, 0.25) is 5.91 Å². The van der Waals surface area contributed by atoms with Crippen molar-refractivity contribution in [1.29, 1.82) is 0 Å². The number of rotatable bonds is 5. The third-order valence-corrected chi connectivity index (χ3v) is 5.03. The Hall–Kier alpha value is -1.43. The van der Waals surface area contributed by atoms with Gasteiger partial charge in [0, 0.05) is 25.3 Å². The predicted molar refractivity (Wildman–Crippen MR) is 84.2 cm³/mol. The van der Waals surface area contributed by atoms with Crippen molar-refractivity contribution in [3.63, 3.8) is 0 Å². The summed E-state index contributed by atoms with van der Waals surface area (Å²) in [7, 11) is 0. The molecule has 1 atom stereocenters. The van der Waals surface area contributed by atoms with Crippen LogP contribution in [0.15, 0.2) is 12.4 Å². The van der Waals surface area contributed by atoms with Crippen LogP contribution in [0.2, 0.25) is 0 Å². The number of amides is 1. The van der Waals surface area contributed by atoms with Crippen molar-refractivity contribution >= 4 is 5.91 Å². The van der Waals surface area contributed by atoms with Crippen LogP contribution in [0.1, 0.15) is 44.9 Å². The van der Waals surface area contributed by atoms with E-state index in [0.29, 0.717) is 13.1 Å². The van der Waals surface area contributed by atoms with E-state index >= 15 is 0 Å². The number of piperidine rings is 1. The van der Waals surface area contributed by atoms with E-state index in [2.05, 4.69) is 20.5 Å². The SMILES string of the molecule is O=C(NCCn1ccnn1)[C@@H]1CCCN(C2CCCCC2)C1. The molecule has 22 heavy (non-hydrogen) atoms. The molecule has 1 saturated heterocycles. The fourth-order valence-corrected chi connectivity index (χ4v) is 3.79. The highest BCUT2D eigenvalue weighted by Crippen LogP contribution is 2.27. The maximum absolute atomic E-state index is 12.4. The summed E-state index contributed by atoms with van der Waals surface area (Å²) in [5, 5.41) is 10.7. The Balaban J connectivity index is 1.43. The summed E-state index contributed by atoms with van der Waals surface area (Å²) in [4.78, 5) is 14.9. The normalized spacial score (nSPS) is 24.3. The van der Waals surface area contributed by atoms with E-state index in [1.807, 2.05) is 6.20 Å². The lowest BCUT2D eigenvalue weighted by atomic mass is 9.90. The van der Waals surface area contributed by atoms with Crippen LogP contribution in [-0.2, 0) is 11.3 Å². The quantitative estimate of drug-likeness (QED) is 0.894. The molecule has 2 aliphatic rings. The molecule has 0 unspecified atom stereocenters. The van der Waals surface area contributed by atoms with Crippen LogP contribution in [0, 0.1) is 5.92 Å². The Kier molecular flexibility index (Phi) is 5.43. The number of aromatic nitrogens is 3. The molecule has 3 rings (SSSR count). The second kappa shape index (κ2) is 7.72. The van der Waals surface area contributed by atoms with E-state index in [1.165, 1.54) is 38.6 Å². The second-order valence-electron chi connectivity index (χ2n) is 6.58. The first-order chi connectivity index (χ1) is 10.8. The summed E-state index contributed by atoms with van der Waals surface area (Å²) >= 11 is 0. The number of hydrogen-bond acceptors (Lipinski definition) is 4. The second-order valence-corrected chi connectivity index (χ2v) is 6.58. The maximum Gasteiger partial charge on any atom is 0.224 e. The summed E-state index contributed by atoms with van der Waals surface area (Å²) in [5.74, 6) is 0.368. The van der Waals surface area contributed by atoms with Gasteiger partial charge in [-0.3, -0.25) is 14.4 Å². The summed E-state index contributed by atoms with van der Waals surface area (Å²) in [6, 6.07) is 0.722. The maximum atomic E-state index is 12.4. The predicted octanol–water partition coefficient (Wildman–Crippen LogP) is 1.44. The molecule has 2 fully saturated rings. The lowest BCUT2D eigenvalue weighted by Crippen LogP contribution is -2.48. The molecular formula is C16H27N5O. The minimum absolute atomic E-state index is 0.159. The minimum atomic E-state index is 0.159. The van der Waals surface area contributed by atoms with Gasteiger partial charge < -0.3 is 5.32 Å². The summed E-state index contributed by atoms with van der Waals surface area (Å²) in [6.45, 7) is 3.43. The molecule has 2 heterocycles. The zero-order valence-corrected chi connectivity index (χ0v) is 13.3. The molecule has 1 saturated carbocycles. The number of likely N-dealkylation sites (tertiary alicyclic amines) is 1. The number of carbonyl (C=O) groups is 1. The standard InChI is InChI=1S/C16H27N5O/c22-16(17-8-11-21-12-9-18-19-21)14-5-4-10-20(13-14)15-6-2-1-3-7-15/h9,12,14-15H,1-8,10-11,13H2,(H,17,22)/t14-/m1/s1. The van der Waals surface area contributed by atoms with Gasteiger partial charge in [0.05, 0.1) is 18.7 Å². The van der Waals surface area contributed by atoms with Gasteiger partial charge in [0.25, 0.3) is 0 Å². The molecule has 1 aliphatic heterocycles. The molecule has 1 N–H and O–H groups in total. The average molecular weight is 305 g/mol. The van der Waals surface area contributed by atoms with E-state index in [9.17, 15) is 4.79 Å². The fourth-order valence-electron chi connectivity index (χ4n) is 3.79. The topological polar surface area (TPSA) is 63.1 Å². The molecule has 1 aromatic rings. The number of hydrogen-bond donors (Lipinski definition) is 1. The van der Waals surface area contributed by atoms with Crippen LogP contribution in [0.5, 0.6) is 0 Å². The van der Waals surface area contributed by atoms with Gasteiger partial charge >= 0.3 is 0 Å². The number of nitrogens with zero attached hydrogens (tertiary/aromatic N) is 4. The van der Waals surface area contributed by atoms with Crippen molar-refractivity contribution in [2.24, 2.45) is 5.92 Å². The Bertz CT molecular complexity index is 455. The number of nitrogens with one attached hydrogen (secondary N) is 1. The molecule has 6 nitrogen and oxygen atoms in total. The zero-order valence-electron chi connectivity index (χ0n) is 13.3. The van der Waals surface area contributed by atoms with Crippen LogP contribution in [0.4, 0.5) is 0 Å². The van der Waals surface area contributed by atoms with Gasteiger partial charge in [-0.25, -0.2) is 0 Å². The molecule has 1 aliphatic carbocycles. The van der Waals surface area contributed by atoms with Gasteiger partial charge in [-0.15, -0.1) is 5.10 Å². The third kappa shape index (κ3) is 4.06. The molecule has 0 radical (unpaired) electrons. The van der Waals surface area contributed by atoms with Crippen LogP contribution < -0.4 is 5.32 Å². The fraction of sp³-hybridized carbons (Fsp3) is 0.812. The lowest BCUT2D eigenvalue weighted by molar-refractivity contribution is -0.127. The summed E-state index contributed by atoms with van der Waals surface area (Å²) in [5.41, 5.74) is 0. The molecule has 122 valence electrons. The molecule has 1 amide bonds. The highest BCUT2D eigenvalue weighted by Gasteiger charge is 2.30.